The van der Waals surface area contributed by atoms with E-state index in [1.54, 1.807) is 18.3 Å². The molecule has 3 rings (SSSR count). The van der Waals surface area contributed by atoms with Crippen LogP contribution in [0.3, 0.4) is 0 Å². The number of hydrogen-bond acceptors (Lipinski definition) is 4. The van der Waals surface area contributed by atoms with E-state index in [0.717, 1.165) is 22.7 Å². The predicted molar refractivity (Wildman–Crippen MR) is 109 cm³/mol. The number of hydrogen-bond donors (Lipinski definition) is 2. The number of carbonyl (C=O) groups is 1. The molecule has 0 radical (unpaired) electrons. The van der Waals surface area contributed by atoms with Gasteiger partial charge in [-0.15, -0.1) is 0 Å². The average Bonchev–Trinajstić information content (AvgIpc) is 2.65. The van der Waals surface area contributed by atoms with Crippen LogP contribution < -0.4 is 15.4 Å². The van der Waals surface area contributed by atoms with E-state index in [9.17, 15) is 4.79 Å². The van der Waals surface area contributed by atoms with Crippen LogP contribution in [0.1, 0.15) is 29.8 Å². The van der Waals surface area contributed by atoms with Crippen LogP contribution in [0, 0.1) is 6.92 Å². The van der Waals surface area contributed by atoms with Gasteiger partial charge in [-0.3, -0.25) is 4.79 Å². The Balaban J connectivity index is 1.61. The summed E-state index contributed by atoms with van der Waals surface area (Å²) in [4.78, 5) is 16.6. The van der Waals surface area contributed by atoms with Crippen LogP contribution in [0.25, 0.3) is 0 Å². The molecule has 1 amide bonds. The second kappa shape index (κ2) is 8.36. The number of nitrogens with one attached hydrogen (secondary N) is 2. The van der Waals surface area contributed by atoms with Crippen molar-refractivity contribution < 1.29 is 9.53 Å². The van der Waals surface area contributed by atoms with E-state index in [1.807, 2.05) is 69.3 Å². The van der Waals surface area contributed by atoms with Gasteiger partial charge in [-0.25, -0.2) is 4.98 Å². The van der Waals surface area contributed by atoms with Crippen molar-refractivity contribution >= 4 is 23.1 Å². The van der Waals surface area contributed by atoms with Gasteiger partial charge in [0, 0.05) is 17.6 Å². The average molecular weight is 361 g/mol. The number of anilines is 3. The Hall–Kier alpha value is -3.34. The van der Waals surface area contributed by atoms with Gasteiger partial charge in [0.05, 0.1) is 11.7 Å². The SMILES string of the molecule is Cc1ccc(NC(=O)c2ccc(Nc3ccc(OC(C)C)cc3)nc2)cc1. The predicted octanol–water partition coefficient (Wildman–Crippen LogP) is 5.17. The van der Waals surface area contributed by atoms with E-state index in [2.05, 4.69) is 15.6 Å². The lowest BCUT2D eigenvalue weighted by Crippen LogP contribution is -2.12. The molecule has 0 atom stereocenters. The Labute approximate surface area is 159 Å². The summed E-state index contributed by atoms with van der Waals surface area (Å²) >= 11 is 0. The van der Waals surface area contributed by atoms with Gasteiger partial charge in [0.25, 0.3) is 5.91 Å². The molecule has 5 heteroatoms. The normalized spacial score (nSPS) is 10.5. The summed E-state index contributed by atoms with van der Waals surface area (Å²) in [6, 6.07) is 18.9. The third-order valence-corrected chi connectivity index (χ3v) is 3.83. The highest BCUT2D eigenvalue weighted by atomic mass is 16.5. The lowest BCUT2D eigenvalue weighted by molar-refractivity contribution is 0.102. The Morgan fingerprint density at radius 3 is 2.19 bits per heavy atom. The fourth-order valence-corrected chi connectivity index (χ4v) is 2.48. The molecule has 3 aromatic rings. The van der Waals surface area contributed by atoms with Crippen molar-refractivity contribution in [2.24, 2.45) is 0 Å². The van der Waals surface area contributed by atoms with Crippen molar-refractivity contribution in [3.63, 3.8) is 0 Å². The van der Waals surface area contributed by atoms with Crippen LogP contribution in [0.2, 0.25) is 0 Å². The summed E-state index contributed by atoms with van der Waals surface area (Å²) in [7, 11) is 0. The van der Waals surface area contributed by atoms with E-state index in [1.165, 1.54) is 0 Å². The molecular formula is C22H23N3O2. The summed E-state index contributed by atoms with van der Waals surface area (Å²) in [6.45, 7) is 5.99. The maximum atomic E-state index is 12.3. The minimum Gasteiger partial charge on any atom is -0.491 e. The number of aryl methyl sites for hydroxylation is 1. The lowest BCUT2D eigenvalue weighted by Gasteiger charge is -2.11. The first-order chi connectivity index (χ1) is 13.0. The van der Waals surface area contributed by atoms with Gasteiger partial charge in [0.2, 0.25) is 0 Å². The molecule has 1 heterocycles. The molecule has 1 aromatic heterocycles. The number of carbonyl (C=O) groups excluding carboxylic acids is 1. The number of ether oxygens (including phenoxy) is 1. The molecular weight excluding hydrogens is 338 g/mol. The van der Waals surface area contributed by atoms with Crippen molar-refractivity contribution in [2.45, 2.75) is 26.9 Å². The Morgan fingerprint density at radius 1 is 0.926 bits per heavy atom. The monoisotopic (exact) mass is 361 g/mol. The summed E-state index contributed by atoms with van der Waals surface area (Å²) in [5.74, 6) is 1.30. The topological polar surface area (TPSA) is 63.2 Å². The molecule has 27 heavy (non-hydrogen) atoms. The molecule has 0 fully saturated rings. The van der Waals surface area contributed by atoms with Gasteiger partial charge in [0.1, 0.15) is 11.6 Å². The van der Waals surface area contributed by atoms with Crippen molar-refractivity contribution in [1.82, 2.24) is 4.98 Å². The number of aromatic nitrogens is 1. The highest BCUT2D eigenvalue weighted by Gasteiger charge is 2.07. The maximum absolute atomic E-state index is 12.3. The quantitative estimate of drug-likeness (QED) is 0.635. The van der Waals surface area contributed by atoms with Gasteiger partial charge >= 0.3 is 0 Å². The largest absolute Gasteiger partial charge is 0.491 e. The fraction of sp³-hybridized carbons (Fsp3) is 0.182. The first-order valence-electron chi connectivity index (χ1n) is 8.87. The third kappa shape index (κ3) is 5.31. The highest BCUT2D eigenvalue weighted by molar-refractivity contribution is 6.04. The molecule has 0 unspecified atom stereocenters. The van der Waals surface area contributed by atoms with Gasteiger partial charge in [0.15, 0.2) is 0 Å². The summed E-state index contributed by atoms with van der Waals surface area (Å²) in [5.41, 5.74) is 3.31. The van der Waals surface area contributed by atoms with E-state index in [-0.39, 0.29) is 12.0 Å². The Bertz CT molecular complexity index is 886. The number of amides is 1. The minimum atomic E-state index is -0.187. The second-order valence-corrected chi connectivity index (χ2v) is 6.57. The van der Waals surface area contributed by atoms with Crippen LogP contribution in [0.15, 0.2) is 66.9 Å². The first kappa shape index (κ1) is 18.5. The lowest BCUT2D eigenvalue weighted by atomic mass is 10.2. The minimum absolute atomic E-state index is 0.143. The zero-order valence-corrected chi connectivity index (χ0v) is 15.7. The smallest absolute Gasteiger partial charge is 0.257 e. The summed E-state index contributed by atoms with van der Waals surface area (Å²) in [6.07, 6.45) is 1.70. The maximum Gasteiger partial charge on any atom is 0.257 e. The van der Waals surface area contributed by atoms with Crippen molar-refractivity contribution in [3.05, 3.63) is 78.0 Å². The molecule has 0 bridgehead atoms. The van der Waals surface area contributed by atoms with Crippen LogP contribution >= 0.6 is 0 Å². The second-order valence-electron chi connectivity index (χ2n) is 6.57. The standard InChI is InChI=1S/C22H23N3O2/c1-15(2)27-20-11-9-18(10-12-20)24-21-13-6-17(14-23-21)22(26)25-19-7-4-16(3)5-8-19/h4-15H,1-3H3,(H,23,24)(H,25,26). The zero-order valence-electron chi connectivity index (χ0n) is 15.7. The number of rotatable bonds is 6. The van der Waals surface area contributed by atoms with Gasteiger partial charge in [-0.2, -0.15) is 0 Å². The molecule has 5 nitrogen and oxygen atoms in total. The van der Waals surface area contributed by atoms with Crippen LogP contribution in [0.5, 0.6) is 5.75 Å². The van der Waals surface area contributed by atoms with E-state index < -0.39 is 0 Å². The van der Waals surface area contributed by atoms with E-state index >= 15 is 0 Å². The first-order valence-corrected chi connectivity index (χ1v) is 8.87. The van der Waals surface area contributed by atoms with Crippen molar-refractivity contribution in [3.8, 4) is 5.75 Å². The molecule has 0 spiro atoms. The van der Waals surface area contributed by atoms with Gasteiger partial charge < -0.3 is 15.4 Å². The molecule has 0 aliphatic rings. The van der Waals surface area contributed by atoms with Gasteiger partial charge in [-0.05, 0) is 69.3 Å². The molecule has 0 aliphatic carbocycles. The molecule has 0 aliphatic heterocycles. The molecule has 2 aromatic carbocycles. The number of pyridine rings is 1. The van der Waals surface area contributed by atoms with E-state index in [4.69, 9.17) is 4.74 Å². The summed E-state index contributed by atoms with van der Waals surface area (Å²) in [5, 5.41) is 6.07. The molecule has 2 N–H and O–H groups in total. The third-order valence-electron chi connectivity index (χ3n) is 3.83. The van der Waals surface area contributed by atoms with Crippen molar-refractivity contribution in [1.29, 1.82) is 0 Å². The Kier molecular flexibility index (Phi) is 5.71. The zero-order chi connectivity index (χ0) is 19.2. The van der Waals surface area contributed by atoms with Crippen molar-refractivity contribution in [2.75, 3.05) is 10.6 Å². The van der Waals surface area contributed by atoms with Crippen LogP contribution in [-0.4, -0.2) is 17.0 Å². The Morgan fingerprint density at radius 2 is 1.59 bits per heavy atom. The fourth-order valence-electron chi connectivity index (χ4n) is 2.48. The molecule has 0 saturated heterocycles. The number of nitrogens with zero attached hydrogens (tertiary/aromatic N) is 1. The molecule has 0 saturated carbocycles. The van der Waals surface area contributed by atoms with Crippen LogP contribution in [0.4, 0.5) is 17.2 Å². The van der Waals surface area contributed by atoms with Crippen LogP contribution in [-0.2, 0) is 0 Å². The van der Waals surface area contributed by atoms with Gasteiger partial charge in [-0.1, -0.05) is 17.7 Å². The number of benzene rings is 2. The van der Waals surface area contributed by atoms with E-state index in [0.29, 0.717) is 11.4 Å². The summed E-state index contributed by atoms with van der Waals surface area (Å²) < 4.78 is 5.63. The molecule has 138 valence electrons. The highest BCUT2D eigenvalue weighted by Crippen LogP contribution is 2.20.